The fourth-order valence-electron chi connectivity index (χ4n) is 3.59. The van der Waals surface area contributed by atoms with Crippen LogP contribution < -0.4 is 4.74 Å². The highest BCUT2D eigenvalue weighted by molar-refractivity contribution is 7.89. The number of hydrogen-bond donors (Lipinski definition) is 0. The first kappa shape index (κ1) is 21.4. The van der Waals surface area contributed by atoms with Crippen LogP contribution in [0, 0.1) is 0 Å². The van der Waals surface area contributed by atoms with E-state index in [9.17, 15) is 8.42 Å². The van der Waals surface area contributed by atoms with Crippen molar-refractivity contribution in [1.82, 2.24) is 14.1 Å². The Morgan fingerprint density at radius 2 is 1.86 bits per heavy atom. The maximum atomic E-state index is 13.3. The van der Waals surface area contributed by atoms with Gasteiger partial charge in [-0.1, -0.05) is 37.0 Å². The first-order chi connectivity index (χ1) is 13.3. The number of hydrogen-bond acceptors (Lipinski definition) is 4. The molecule has 0 amide bonds. The molecular weight excluding hydrogens is 421 g/mol. The Morgan fingerprint density at radius 1 is 1.18 bits per heavy atom. The zero-order chi connectivity index (χ0) is 20.5. The van der Waals surface area contributed by atoms with Crippen molar-refractivity contribution >= 4 is 33.2 Å². The van der Waals surface area contributed by atoms with Gasteiger partial charge in [0.2, 0.25) is 10.0 Å². The molecule has 1 aromatic carbocycles. The average Bonchev–Trinajstić information content (AvgIpc) is 3.00. The summed E-state index contributed by atoms with van der Waals surface area (Å²) in [7, 11) is -1.79. The third kappa shape index (κ3) is 4.17. The van der Waals surface area contributed by atoms with Crippen LogP contribution in [0.2, 0.25) is 10.0 Å². The predicted octanol–water partition coefficient (Wildman–Crippen LogP) is 4.08. The maximum Gasteiger partial charge on any atom is 0.246 e. The number of piperidine rings is 1. The van der Waals surface area contributed by atoms with Crippen LogP contribution in [0.3, 0.4) is 0 Å². The lowest BCUT2D eigenvalue weighted by Crippen LogP contribution is -2.42. The Kier molecular flexibility index (Phi) is 6.59. The molecule has 0 atom stereocenters. The van der Waals surface area contributed by atoms with Crippen LogP contribution in [0.1, 0.15) is 38.1 Å². The average molecular weight is 446 g/mol. The van der Waals surface area contributed by atoms with Crippen molar-refractivity contribution in [3.05, 3.63) is 39.6 Å². The van der Waals surface area contributed by atoms with Gasteiger partial charge in [0.25, 0.3) is 0 Å². The Labute approximate surface area is 176 Å². The van der Waals surface area contributed by atoms with Gasteiger partial charge in [-0.2, -0.15) is 9.40 Å². The molecule has 0 bridgehead atoms. The third-order valence-corrected chi connectivity index (χ3v) is 7.60. The summed E-state index contributed by atoms with van der Waals surface area (Å²) in [5.41, 5.74) is 1.38. The second-order valence-electron chi connectivity index (χ2n) is 6.85. The summed E-state index contributed by atoms with van der Waals surface area (Å²) in [4.78, 5) is 0.375. The quantitative estimate of drug-likeness (QED) is 0.671. The summed E-state index contributed by atoms with van der Waals surface area (Å²) in [5.74, 6) is 0.571. The summed E-state index contributed by atoms with van der Waals surface area (Å²) >= 11 is 12.1. The Morgan fingerprint density at radius 3 is 2.43 bits per heavy atom. The van der Waals surface area contributed by atoms with Crippen molar-refractivity contribution in [2.45, 2.75) is 50.5 Å². The second kappa shape index (κ2) is 8.61. The molecule has 0 aliphatic carbocycles. The van der Waals surface area contributed by atoms with Gasteiger partial charge < -0.3 is 4.74 Å². The lowest BCUT2D eigenvalue weighted by Gasteiger charge is -2.31. The van der Waals surface area contributed by atoms with Gasteiger partial charge >= 0.3 is 0 Å². The topological polar surface area (TPSA) is 64.4 Å². The maximum absolute atomic E-state index is 13.3. The molecule has 1 aliphatic rings. The molecule has 1 aliphatic heterocycles. The lowest BCUT2D eigenvalue weighted by atomic mass is 10.1. The van der Waals surface area contributed by atoms with Crippen molar-refractivity contribution in [3.8, 4) is 5.75 Å². The van der Waals surface area contributed by atoms with Gasteiger partial charge in [0.1, 0.15) is 16.7 Å². The molecule has 2 aromatic rings. The van der Waals surface area contributed by atoms with E-state index in [1.807, 2.05) is 13.8 Å². The van der Waals surface area contributed by atoms with E-state index in [-0.39, 0.29) is 6.10 Å². The molecule has 0 unspecified atom stereocenters. The van der Waals surface area contributed by atoms with E-state index in [0.29, 0.717) is 65.2 Å². The third-order valence-electron chi connectivity index (χ3n) is 5.04. The minimum Gasteiger partial charge on any atom is -0.489 e. The van der Waals surface area contributed by atoms with E-state index in [1.54, 1.807) is 34.2 Å². The van der Waals surface area contributed by atoms with Crippen LogP contribution in [0.15, 0.2) is 23.1 Å². The molecule has 2 heterocycles. The van der Waals surface area contributed by atoms with Crippen LogP contribution in [0.25, 0.3) is 0 Å². The lowest BCUT2D eigenvalue weighted by molar-refractivity contribution is 0.135. The Balaban J connectivity index is 1.74. The highest BCUT2D eigenvalue weighted by Gasteiger charge is 2.35. The number of aromatic nitrogens is 2. The fourth-order valence-corrected chi connectivity index (χ4v) is 6.05. The van der Waals surface area contributed by atoms with E-state index in [4.69, 9.17) is 27.9 Å². The van der Waals surface area contributed by atoms with Crippen molar-refractivity contribution in [2.24, 2.45) is 7.05 Å². The summed E-state index contributed by atoms with van der Waals surface area (Å²) < 4.78 is 35.8. The van der Waals surface area contributed by atoms with Crippen LogP contribution in [-0.4, -0.2) is 41.7 Å². The van der Waals surface area contributed by atoms with E-state index in [1.165, 1.54) is 0 Å². The summed E-state index contributed by atoms with van der Waals surface area (Å²) in [6.07, 6.45) is 2.31. The van der Waals surface area contributed by atoms with Gasteiger partial charge in [-0.25, -0.2) is 8.42 Å². The zero-order valence-corrected chi connectivity index (χ0v) is 18.6. The second-order valence-corrected chi connectivity index (χ2v) is 9.57. The highest BCUT2D eigenvalue weighted by atomic mass is 35.5. The number of ether oxygens (including phenoxy) is 1. The monoisotopic (exact) mass is 445 g/mol. The van der Waals surface area contributed by atoms with Gasteiger partial charge in [0.15, 0.2) is 0 Å². The molecule has 6 nitrogen and oxygen atoms in total. The number of nitrogens with zero attached hydrogens (tertiary/aromatic N) is 3. The van der Waals surface area contributed by atoms with Gasteiger partial charge in [0, 0.05) is 25.2 Å². The van der Waals surface area contributed by atoms with Gasteiger partial charge in [-0.15, -0.1) is 0 Å². The normalized spacial score (nSPS) is 16.5. The van der Waals surface area contributed by atoms with Crippen molar-refractivity contribution in [2.75, 3.05) is 13.1 Å². The van der Waals surface area contributed by atoms with E-state index >= 15 is 0 Å². The number of benzene rings is 1. The molecular formula is C19H25Cl2N3O3S. The predicted molar refractivity (Wildman–Crippen MR) is 111 cm³/mol. The molecule has 0 spiro atoms. The number of halogens is 2. The minimum atomic E-state index is -3.59. The Bertz CT molecular complexity index is 952. The molecule has 0 saturated carbocycles. The van der Waals surface area contributed by atoms with E-state index in [0.717, 1.165) is 5.69 Å². The van der Waals surface area contributed by atoms with Crippen LogP contribution in [-0.2, 0) is 29.9 Å². The highest BCUT2D eigenvalue weighted by Crippen LogP contribution is 2.32. The molecule has 0 radical (unpaired) electrons. The van der Waals surface area contributed by atoms with Gasteiger partial charge in [-0.3, -0.25) is 4.68 Å². The fraction of sp³-hybridized carbons (Fsp3) is 0.526. The molecule has 0 N–H and O–H groups in total. The smallest absolute Gasteiger partial charge is 0.246 e. The molecule has 154 valence electrons. The van der Waals surface area contributed by atoms with E-state index < -0.39 is 10.0 Å². The van der Waals surface area contributed by atoms with Gasteiger partial charge in [0.05, 0.1) is 16.4 Å². The largest absolute Gasteiger partial charge is 0.489 e. The molecule has 1 aromatic heterocycles. The standard InChI is InChI=1S/C19H25Cl2N3O3S/c1-4-16-19(17(5-2)23(3)22-16)28(25,26)24-10-8-14(9-11-24)27-18-7-6-13(20)12-15(18)21/h6-7,12,14H,4-5,8-11H2,1-3H3. The van der Waals surface area contributed by atoms with Gasteiger partial charge in [-0.05, 0) is 43.9 Å². The van der Waals surface area contributed by atoms with E-state index in [2.05, 4.69) is 5.10 Å². The van der Waals surface area contributed by atoms with Crippen molar-refractivity contribution in [1.29, 1.82) is 0 Å². The molecule has 3 rings (SSSR count). The van der Waals surface area contributed by atoms with Crippen LogP contribution in [0.4, 0.5) is 0 Å². The molecule has 1 fully saturated rings. The van der Waals surface area contributed by atoms with Crippen LogP contribution in [0.5, 0.6) is 5.75 Å². The van der Waals surface area contributed by atoms with Crippen LogP contribution >= 0.6 is 23.2 Å². The summed E-state index contributed by atoms with van der Waals surface area (Å²) in [6, 6.07) is 5.10. The summed E-state index contributed by atoms with van der Waals surface area (Å²) in [6.45, 7) is 4.68. The zero-order valence-electron chi connectivity index (χ0n) is 16.3. The minimum absolute atomic E-state index is 0.0877. The number of rotatable bonds is 6. The molecule has 9 heteroatoms. The van der Waals surface area contributed by atoms with Crippen molar-refractivity contribution in [3.63, 3.8) is 0 Å². The summed E-state index contributed by atoms with van der Waals surface area (Å²) in [5, 5.41) is 5.42. The van der Waals surface area contributed by atoms with Crippen molar-refractivity contribution < 1.29 is 13.2 Å². The number of sulfonamides is 1. The molecule has 1 saturated heterocycles. The molecule has 28 heavy (non-hydrogen) atoms. The first-order valence-electron chi connectivity index (χ1n) is 9.44. The number of aryl methyl sites for hydroxylation is 2. The first-order valence-corrected chi connectivity index (χ1v) is 11.6. The Hall–Kier alpha value is -1.28. The SMILES string of the molecule is CCc1nn(C)c(CC)c1S(=O)(=O)N1CCC(Oc2ccc(Cl)cc2Cl)CC1.